The molecule has 0 spiro atoms. The molecule has 0 aliphatic rings. The average Bonchev–Trinajstić information content (AvgIpc) is 2.57. The summed E-state index contributed by atoms with van der Waals surface area (Å²) in [6.07, 6.45) is 0. The van der Waals surface area contributed by atoms with Crippen LogP contribution in [-0.4, -0.2) is 5.11 Å². The third-order valence-corrected chi connectivity index (χ3v) is 3.83. The maximum absolute atomic E-state index is 9.16. The third kappa shape index (κ3) is 1.54. The molecule has 0 saturated heterocycles. The molecule has 0 aliphatic heterocycles. The molecule has 1 heterocycles. The zero-order valence-corrected chi connectivity index (χ0v) is 9.86. The monoisotopic (exact) mass is 271 g/mol. The van der Waals surface area contributed by atoms with Crippen molar-refractivity contribution < 1.29 is 5.11 Å². The Morgan fingerprint density at radius 2 is 2.07 bits per heavy atom. The molecule has 0 amide bonds. The predicted octanol–water partition coefficient (Wildman–Crippen LogP) is 2.87. The van der Waals surface area contributed by atoms with Gasteiger partial charge in [-0.25, -0.2) is 0 Å². The maximum atomic E-state index is 9.16. The summed E-state index contributed by atoms with van der Waals surface area (Å²) in [6.45, 7) is 0.0685. The van der Waals surface area contributed by atoms with Crippen LogP contribution in [0.4, 0.5) is 5.00 Å². The SMILES string of the molecule is Nc1cc2c(CBr)ccc(CO)c2s1. The van der Waals surface area contributed by atoms with Crippen molar-refractivity contribution in [2.24, 2.45) is 0 Å². The molecule has 3 N–H and O–H groups in total. The number of hydrogen-bond acceptors (Lipinski definition) is 3. The van der Waals surface area contributed by atoms with Crippen molar-refractivity contribution in [1.82, 2.24) is 0 Å². The van der Waals surface area contributed by atoms with Crippen molar-refractivity contribution >= 4 is 42.4 Å². The van der Waals surface area contributed by atoms with Crippen molar-refractivity contribution in [3.63, 3.8) is 0 Å². The van der Waals surface area contributed by atoms with Gasteiger partial charge in [0.15, 0.2) is 0 Å². The Bertz CT molecular complexity index is 425. The number of alkyl halides is 1. The van der Waals surface area contributed by atoms with Crippen LogP contribution >= 0.6 is 27.3 Å². The second-order valence-corrected chi connectivity index (χ2v) is 4.71. The molecule has 0 saturated carbocycles. The Morgan fingerprint density at radius 3 is 2.71 bits per heavy atom. The summed E-state index contributed by atoms with van der Waals surface area (Å²) >= 11 is 4.97. The molecule has 2 nitrogen and oxygen atoms in total. The third-order valence-electron chi connectivity index (χ3n) is 2.19. The van der Waals surface area contributed by atoms with E-state index in [2.05, 4.69) is 15.9 Å². The molecule has 0 aliphatic carbocycles. The first-order valence-corrected chi connectivity index (χ1v) is 6.16. The minimum atomic E-state index is 0.0685. The van der Waals surface area contributed by atoms with Crippen LogP contribution in [0.1, 0.15) is 11.1 Å². The van der Waals surface area contributed by atoms with Gasteiger partial charge < -0.3 is 10.8 Å². The zero-order chi connectivity index (χ0) is 10.1. The van der Waals surface area contributed by atoms with E-state index in [1.807, 2.05) is 18.2 Å². The number of anilines is 1. The van der Waals surface area contributed by atoms with Crippen LogP contribution in [0.3, 0.4) is 0 Å². The van der Waals surface area contributed by atoms with E-state index in [-0.39, 0.29) is 6.61 Å². The van der Waals surface area contributed by atoms with Crippen LogP contribution in [0, 0.1) is 0 Å². The average molecular weight is 272 g/mol. The fourth-order valence-electron chi connectivity index (χ4n) is 1.49. The lowest BCUT2D eigenvalue weighted by Gasteiger charge is -2.02. The topological polar surface area (TPSA) is 46.2 Å². The number of halogens is 1. The lowest BCUT2D eigenvalue weighted by atomic mass is 10.1. The zero-order valence-electron chi connectivity index (χ0n) is 7.46. The van der Waals surface area contributed by atoms with Crippen LogP contribution in [0.15, 0.2) is 18.2 Å². The van der Waals surface area contributed by atoms with Gasteiger partial charge in [-0.15, -0.1) is 11.3 Å². The van der Waals surface area contributed by atoms with Crippen molar-refractivity contribution in [1.29, 1.82) is 0 Å². The Morgan fingerprint density at radius 1 is 1.36 bits per heavy atom. The highest BCUT2D eigenvalue weighted by atomic mass is 79.9. The largest absolute Gasteiger partial charge is 0.392 e. The van der Waals surface area contributed by atoms with E-state index in [0.29, 0.717) is 0 Å². The first-order valence-electron chi connectivity index (χ1n) is 4.23. The Kier molecular flexibility index (Phi) is 2.76. The minimum absolute atomic E-state index is 0.0685. The molecule has 0 atom stereocenters. The Hall–Kier alpha value is -0.580. The van der Waals surface area contributed by atoms with E-state index in [1.54, 1.807) is 0 Å². The van der Waals surface area contributed by atoms with Crippen LogP contribution in [0.25, 0.3) is 10.1 Å². The molecule has 1 aromatic carbocycles. The normalized spacial score (nSPS) is 11.0. The fraction of sp³-hybridized carbons (Fsp3) is 0.200. The lowest BCUT2D eigenvalue weighted by molar-refractivity contribution is 0.283. The number of nitrogen functional groups attached to an aromatic ring is 1. The molecule has 0 unspecified atom stereocenters. The van der Waals surface area contributed by atoms with E-state index in [0.717, 1.165) is 26.0 Å². The van der Waals surface area contributed by atoms with Crippen LogP contribution in [0.5, 0.6) is 0 Å². The number of thiophene rings is 1. The number of nitrogens with two attached hydrogens (primary N) is 1. The molecule has 1 aromatic heterocycles. The fourth-order valence-corrected chi connectivity index (χ4v) is 2.96. The molecule has 0 bridgehead atoms. The summed E-state index contributed by atoms with van der Waals surface area (Å²) in [5.41, 5.74) is 7.92. The molecule has 2 aromatic rings. The summed E-state index contributed by atoms with van der Waals surface area (Å²) in [5.74, 6) is 0. The van der Waals surface area contributed by atoms with Crippen LogP contribution in [-0.2, 0) is 11.9 Å². The van der Waals surface area contributed by atoms with Crippen molar-refractivity contribution in [3.8, 4) is 0 Å². The van der Waals surface area contributed by atoms with Gasteiger partial charge in [0.1, 0.15) is 0 Å². The summed E-state index contributed by atoms with van der Waals surface area (Å²) in [5, 5.41) is 11.9. The standard InChI is InChI=1S/C10H10BrNOS/c11-4-6-1-2-7(5-13)10-8(6)3-9(12)14-10/h1-3,13H,4-5,12H2. The molecule has 14 heavy (non-hydrogen) atoms. The highest BCUT2D eigenvalue weighted by Gasteiger charge is 2.07. The maximum Gasteiger partial charge on any atom is 0.0869 e. The number of rotatable bonds is 2. The number of benzene rings is 1. The van der Waals surface area contributed by atoms with Gasteiger partial charge in [0.25, 0.3) is 0 Å². The Balaban J connectivity index is 2.77. The number of hydrogen-bond donors (Lipinski definition) is 2. The number of fused-ring (bicyclic) bond motifs is 1. The van der Waals surface area contributed by atoms with Gasteiger partial charge in [-0.3, -0.25) is 0 Å². The highest BCUT2D eigenvalue weighted by molar-refractivity contribution is 9.08. The summed E-state index contributed by atoms with van der Waals surface area (Å²) in [6, 6.07) is 5.94. The van der Waals surface area contributed by atoms with Crippen LogP contribution in [0.2, 0.25) is 0 Å². The van der Waals surface area contributed by atoms with Crippen molar-refractivity contribution in [2.45, 2.75) is 11.9 Å². The molecule has 0 fully saturated rings. The summed E-state index contributed by atoms with van der Waals surface area (Å²) in [7, 11) is 0. The number of aliphatic hydroxyl groups is 1. The second-order valence-electron chi connectivity index (χ2n) is 3.07. The molecule has 0 radical (unpaired) electrons. The predicted molar refractivity (Wildman–Crippen MR) is 64.8 cm³/mol. The van der Waals surface area contributed by atoms with E-state index >= 15 is 0 Å². The van der Waals surface area contributed by atoms with E-state index < -0.39 is 0 Å². The molecular weight excluding hydrogens is 262 g/mol. The smallest absolute Gasteiger partial charge is 0.0869 e. The van der Waals surface area contributed by atoms with Crippen molar-refractivity contribution in [3.05, 3.63) is 29.3 Å². The van der Waals surface area contributed by atoms with Gasteiger partial charge in [-0.05, 0) is 22.6 Å². The van der Waals surface area contributed by atoms with E-state index in [9.17, 15) is 0 Å². The second kappa shape index (κ2) is 3.88. The van der Waals surface area contributed by atoms with Gasteiger partial charge in [0, 0.05) is 10.0 Å². The first-order chi connectivity index (χ1) is 6.76. The highest BCUT2D eigenvalue weighted by Crippen LogP contribution is 2.33. The lowest BCUT2D eigenvalue weighted by Crippen LogP contribution is -1.85. The Labute approximate surface area is 94.5 Å². The van der Waals surface area contributed by atoms with Gasteiger partial charge >= 0.3 is 0 Å². The molecule has 4 heteroatoms. The van der Waals surface area contributed by atoms with Gasteiger partial charge in [0.05, 0.1) is 11.6 Å². The van der Waals surface area contributed by atoms with Gasteiger partial charge in [-0.2, -0.15) is 0 Å². The number of aliphatic hydroxyl groups excluding tert-OH is 1. The van der Waals surface area contributed by atoms with Gasteiger partial charge in [0.2, 0.25) is 0 Å². The van der Waals surface area contributed by atoms with E-state index in [4.69, 9.17) is 10.8 Å². The minimum Gasteiger partial charge on any atom is -0.392 e. The van der Waals surface area contributed by atoms with Crippen LogP contribution < -0.4 is 5.73 Å². The molecule has 2 rings (SSSR count). The summed E-state index contributed by atoms with van der Waals surface area (Å²) in [4.78, 5) is 0. The van der Waals surface area contributed by atoms with Crippen molar-refractivity contribution in [2.75, 3.05) is 5.73 Å². The summed E-state index contributed by atoms with van der Waals surface area (Å²) < 4.78 is 1.10. The van der Waals surface area contributed by atoms with Gasteiger partial charge in [-0.1, -0.05) is 28.1 Å². The molecule has 74 valence electrons. The quantitative estimate of drug-likeness (QED) is 0.826. The first kappa shape index (κ1) is 9.96. The van der Waals surface area contributed by atoms with E-state index in [1.165, 1.54) is 16.9 Å². The molecular formula is C10H10BrNOS.